The molecule has 1 atom stereocenters. The first-order valence-corrected chi connectivity index (χ1v) is 6.31. The van der Waals surface area contributed by atoms with Crippen molar-refractivity contribution in [3.63, 3.8) is 0 Å². The van der Waals surface area contributed by atoms with Crippen molar-refractivity contribution in [2.75, 3.05) is 14.2 Å². The average molecular weight is 316 g/mol. The number of carbonyl (C=O) groups excluding carboxylic acids is 1. The molecule has 98 valence electrons. The van der Waals surface area contributed by atoms with Crippen LogP contribution in [0.2, 0.25) is 0 Å². The van der Waals surface area contributed by atoms with Gasteiger partial charge in [0.05, 0.1) is 11.6 Å². The van der Waals surface area contributed by atoms with Gasteiger partial charge in [0.1, 0.15) is 11.3 Å². The SMILES string of the molecule is COc1c2n(cc(Br)c1=O)CCC(C)(OC)C2=O. The molecule has 1 aromatic heterocycles. The van der Waals surface area contributed by atoms with Gasteiger partial charge >= 0.3 is 0 Å². The molecule has 0 amide bonds. The van der Waals surface area contributed by atoms with E-state index < -0.39 is 5.60 Å². The van der Waals surface area contributed by atoms with Crippen LogP contribution in [0.5, 0.6) is 5.75 Å². The number of methoxy groups -OCH3 is 2. The fourth-order valence-corrected chi connectivity index (χ4v) is 2.53. The summed E-state index contributed by atoms with van der Waals surface area (Å²) in [5, 5.41) is 0. The minimum atomic E-state index is -0.895. The molecule has 18 heavy (non-hydrogen) atoms. The molecule has 1 aliphatic rings. The maximum Gasteiger partial charge on any atom is 0.238 e. The summed E-state index contributed by atoms with van der Waals surface area (Å²) >= 11 is 3.18. The number of ether oxygens (including phenoxy) is 2. The second-order valence-electron chi connectivity index (χ2n) is 4.40. The Balaban J connectivity index is 2.71. The number of hydrogen-bond donors (Lipinski definition) is 0. The van der Waals surface area contributed by atoms with Crippen LogP contribution in [0, 0.1) is 0 Å². The van der Waals surface area contributed by atoms with E-state index in [4.69, 9.17) is 9.47 Å². The molecular weight excluding hydrogens is 302 g/mol. The molecule has 2 rings (SSSR count). The van der Waals surface area contributed by atoms with Crippen molar-refractivity contribution < 1.29 is 14.3 Å². The summed E-state index contributed by atoms with van der Waals surface area (Å²) in [5.41, 5.74) is -0.938. The summed E-state index contributed by atoms with van der Waals surface area (Å²) in [7, 11) is 2.88. The molecule has 0 aromatic carbocycles. The van der Waals surface area contributed by atoms with Crippen molar-refractivity contribution >= 4 is 21.7 Å². The third kappa shape index (κ3) is 1.80. The molecule has 1 aliphatic heterocycles. The maximum atomic E-state index is 12.4. The van der Waals surface area contributed by atoms with Crippen molar-refractivity contribution in [1.82, 2.24) is 4.57 Å². The van der Waals surface area contributed by atoms with Gasteiger partial charge in [0, 0.05) is 26.3 Å². The molecule has 2 heterocycles. The summed E-state index contributed by atoms with van der Waals surface area (Å²) < 4.78 is 12.5. The Morgan fingerprint density at radius 2 is 2.06 bits per heavy atom. The molecule has 1 aromatic rings. The Hall–Kier alpha value is -1.14. The van der Waals surface area contributed by atoms with Crippen LogP contribution in [-0.4, -0.2) is 30.2 Å². The van der Waals surface area contributed by atoms with Gasteiger partial charge in [-0.25, -0.2) is 0 Å². The molecule has 1 unspecified atom stereocenters. The Bertz CT molecular complexity index is 566. The van der Waals surface area contributed by atoms with E-state index in [-0.39, 0.29) is 22.7 Å². The highest BCUT2D eigenvalue weighted by Gasteiger charge is 2.41. The van der Waals surface area contributed by atoms with Crippen molar-refractivity contribution in [2.24, 2.45) is 0 Å². The topological polar surface area (TPSA) is 57.5 Å². The quantitative estimate of drug-likeness (QED) is 0.832. The number of Topliss-reactive ketones (excluding diaryl/α,β-unsaturated/α-hetero) is 1. The number of halogens is 1. The van der Waals surface area contributed by atoms with E-state index in [1.54, 1.807) is 17.7 Å². The van der Waals surface area contributed by atoms with E-state index in [1.807, 2.05) is 0 Å². The predicted octanol–water partition coefficient (Wildman–Crippen LogP) is 1.61. The number of carbonyl (C=O) groups is 1. The zero-order valence-corrected chi connectivity index (χ0v) is 12.0. The van der Waals surface area contributed by atoms with E-state index in [0.29, 0.717) is 17.4 Å². The van der Waals surface area contributed by atoms with Crippen LogP contribution in [0.3, 0.4) is 0 Å². The molecule has 0 fully saturated rings. The number of hydrogen-bond acceptors (Lipinski definition) is 4. The van der Waals surface area contributed by atoms with Gasteiger partial charge in [-0.3, -0.25) is 9.59 Å². The highest BCUT2D eigenvalue weighted by atomic mass is 79.9. The van der Waals surface area contributed by atoms with E-state index in [0.717, 1.165) is 0 Å². The molecule has 0 radical (unpaired) electrons. The first kappa shape index (κ1) is 13.3. The largest absolute Gasteiger partial charge is 0.491 e. The third-order valence-corrected chi connectivity index (χ3v) is 3.94. The molecule has 0 saturated carbocycles. The fourth-order valence-electron chi connectivity index (χ4n) is 2.10. The van der Waals surface area contributed by atoms with E-state index in [2.05, 4.69) is 15.9 Å². The van der Waals surface area contributed by atoms with E-state index in [9.17, 15) is 9.59 Å². The molecule has 0 aliphatic carbocycles. The zero-order chi connectivity index (χ0) is 13.5. The fraction of sp³-hybridized carbons (Fsp3) is 0.500. The maximum absolute atomic E-state index is 12.4. The van der Waals surface area contributed by atoms with Gasteiger partial charge in [-0.2, -0.15) is 0 Å². The molecule has 6 heteroatoms. The minimum Gasteiger partial charge on any atom is -0.491 e. The van der Waals surface area contributed by atoms with Crippen molar-refractivity contribution in [3.05, 3.63) is 26.6 Å². The highest BCUT2D eigenvalue weighted by molar-refractivity contribution is 9.10. The minimum absolute atomic E-state index is 0.0670. The second kappa shape index (κ2) is 4.51. The number of rotatable bonds is 2. The van der Waals surface area contributed by atoms with E-state index in [1.165, 1.54) is 14.2 Å². The first-order chi connectivity index (χ1) is 8.44. The van der Waals surface area contributed by atoms with Gasteiger partial charge in [0.15, 0.2) is 5.75 Å². The summed E-state index contributed by atoms with van der Waals surface area (Å²) in [5.74, 6) is -0.157. The molecule has 0 N–H and O–H groups in total. The summed E-state index contributed by atoms with van der Waals surface area (Å²) in [6.07, 6.45) is 2.18. The van der Waals surface area contributed by atoms with Crippen molar-refractivity contribution in [2.45, 2.75) is 25.5 Å². The average Bonchev–Trinajstić information content (AvgIpc) is 2.37. The third-order valence-electron chi connectivity index (χ3n) is 3.37. The summed E-state index contributed by atoms with van der Waals surface area (Å²) in [6.45, 7) is 2.32. The van der Waals surface area contributed by atoms with Crippen LogP contribution in [0.15, 0.2) is 15.5 Å². The van der Waals surface area contributed by atoms with E-state index >= 15 is 0 Å². The molecule has 0 saturated heterocycles. The van der Waals surface area contributed by atoms with Crippen molar-refractivity contribution in [1.29, 1.82) is 0 Å². The standard InChI is InChI=1S/C12H14BrNO4/c1-12(18-3)4-5-14-6-7(13)9(15)10(17-2)8(14)11(12)16/h6H,4-5H2,1-3H3. The summed E-state index contributed by atoms with van der Waals surface area (Å²) in [4.78, 5) is 24.4. The Morgan fingerprint density at radius 3 is 2.61 bits per heavy atom. The van der Waals surface area contributed by atoms with Gasteiger partial charge in [0.2, 0.25) is 11.2 Å². The lowest BCUT2D eigenvalue weighted by Crippen LogP contribution is -2.45. The first-order valence-electron chi connectivity index (χ1n) is 5.51. The van der Waals surface area contributed by atoms with Crippen LogP contribution < -0.4 is 10.2 Å². The number of aromatic nitrogens is 1. The summed E-state index contributed by atoms with van der Waals surface area (Å²) in [6, 6.07) is 0. The van der Waals surface area contributed by atoms with Crippen LogP contribution in [-0.2, 0) is 11.3 Å². The molecule has 0 spiro atoms. The van der Waals surface area contributed by atoms with Crippen LogP contribution in [0.4, 0.5) is 0 Å². The van der Waals surface area contributed by atoms with Crippen LogP contribution >= 0.6 is 15.9 Å². The van der Waals surface area contributed by atoms with Gasteiger partial charge in [0.25, 0.3) is 0 Å². The number of fused-ring (bicyclic) bond motifs is 1. The van der Waals surface area contributed by atoms with Crippen LogP contribution in [0.25, 0.3) is 0 Å². The Kier molecular flexibility index (Phi) is 3.33. The predicted molar refractivity (Wildman–Crippen MR) is 69.3 cm³/mol. The number of nitrogens with zero attached hydrogens (tertiary/aromatic N) is 1. The molecule has 0 bridgehead atoms. The van der Waals surface area contributed by atoms with Crippen molar-refractivity contribution in [3.8, 4) is 5.75 Å². The van der Waals surface area contributed by atoms with Gasteiger partial charge in [-0.15, -0.1) is 0 Å². The normalized spacial score (nSPS) is 22.8. The molecule has 5 nitrogen and oxygen atoms in total. The smallest absolute Gasteiger partial charge is 0.238 e. The van der Waals surface area contributed by atoms with Gasteiger partial charge in [-0.05, 0) is 22.9 Å². The number of aryl methyl sites for hydroxylation is 1. The second-order valence-corrected chi connectivity index (χ2v) is 5.25. The lowest BCUT2D eigenvalue weighted by molar-refractivity contribution is -0.000896. The Morgan fingerprint density at radius 1 is 1.39 bits per heavy atom. The molecular formula is C12H14BrNO4. The lowest BCUT2D eigenvalue weighted by Gasteiger charge is -2.33. The lowest BCUT2D eigenvalue weighted by atomic mass is 9.90. The highest BCUT2D eigenvalue weighted by Crippen LogP contribution is 2.31. The Labute approximate surface area is 113 Å². The monoisotopic (exact) mass is 315 g/mol. The zero-order valence-electron chi connectivity index (χ0n) is 10.4. The number of pyridine rings is 1. The number of ketones is 1. The van der Waals surface area contributed by atoms with Gasteiger partial charge < -0.3 is 14.0 Å². The van der Waals surface area contributed by atoms with Gasteiger partial charge in [-0.1, -0.05) is 0 Å². The van der Waals surface area contributed by atoms with Crippen LogP contribution in [0.1, 0.15) is 23.8 Å².